The number of unbranched alkanes of at least 4 members (excludes halogenated alkanes) is 20. The summed E-state index contributed by atoms with van der Waals surface area (Å²) < 4.78 is 17.4. The Morgan fingerprint density at radius 3 is 1.12 bits per heavy atom. The van der Waals surface area contributed by atoms with E-state index in [1.165, 1.54) is 96.3 Å². The summed E-state index contributed by atoms with van der Waals surface area (Å²) in [4.78, 5) is 25.5. The van der Waals surface area contributed by atoms with Gasteiger partial charge in [0.2, 0.25) is 0 Å². The van der Waals surface area contributed by atoms with Crippen LogP contribution in [0.25, 0.3) is 0 Å². The third-order valence-electron chi connectivity index (χ3n) is 11.3. The molecule has 0 aromatic rings. The zero-order valence-corrected chi connectivity index (χ0v) is 43.2. The van der Waals surface area contributed by atoms with Gasteiger partial charge in [0, 0.05) is 19.4 Å². The molecule has 0 N–H and O–H groups in total. The summed E-state index contributed by atoms with van der Waals surface area (Å²) in [6, 6.07) is 0. The van der Waals surface area contributed by atoms with E-state index in [1.54, 1.807) is 0 Å². The van der Waals surface area contributed by atoms with E-state index in [4.69, 9.17) is 14.2 Å². The molecule has 5 nitrogen and oxygen atoms in total. The number of rotatable bonds is 49. The van der Waals surface area contributed by atoms with Crippen LogP contribution in [-0.4, -0.2) is 37.9 Å². The Morgan fingerprint density at radius 2 is 0.682 bits per heavy atom. The Balaban J connectivity index is 4.36. The molecule has 0 fully saturated rings. The van der Waals surface area contributed by atoms with Gasteiger partial charge in [0.1, 0.15) is 6.61 Å². The van der Waals surface area contributed by atoms with E-state index in [2.05, 4.69) is 130 Å². The molecule has 0 spiro atoms. The van der Waals surface area contributed by atoms with Crippen LogP contribution in [0.2, 0.25) is 0 Å². The van der Waals surface area contributed by atoms with Crippen LogP contribution < -0.4 is 0 Å². The zero-order valence-electron chi connectivity index (χ0n) is 43.2. The van der Waals surface area contributed by atoms with Gasteiger partial charge in [-0.2, -0.15) is 0 Å². The summed E-state index contributed by atoms with van der Waals surface area (Å²) >= 11 is 0. The monoisotopic (exact) mass is 915 g/mol. The van der Waals surface area contributed by atoms with Crippen molar-refractivity contribution >= 4 is 11.9 Å². The summed E-state index contributed by atoms with van der Waals surface area (Å²) in [5.74, 6) is -0.460. The smallest absolute Gasteiger partial charge is 0.306 e. The third-order valence-corrected chi connectivity index (χ3v) is 11.3. The quantitative estimate of drug-likeness (QED) is 0.0346. The predicted octanol–water partition coefficient (Wildman–Crippen LogP) is 18.8. The van der Waals surface area contributed by atoms with Crippen LogP contribution in [0.15, 0.2) is 109 Å². The van der Waals surface area contributed by atoms with E-state index in [9.17, 15) is 9.59 Å². The van der Waals surface area contributed by atoms with E-state index >= 15 is 0 Å². The fourth-order valence-electron chi connectivity index (χ4n) is 7.25. The molecule has 1 atom stereocenters. The Labute approximate surface area is 408 Å². The van der Waals surface area contributed by atoms with E-state index in [1.807, 2.05) is 0 Å². The van der Waals surface area contributed by atoms with Crippen LogP contribution in [0.1, 0.15) is 239 Å². The molecule has 0 rings (SSSR count). The first kappa shape index (κ1) is 62.6. The van der Waals surface area contributed by atoms with Gasteiger partial charge in [-0.3, -0.25) is 9.59 Å². The van der Waals surface area contributed by atoms with Crippen LogP contribution in [0.3, 0.4) is 0 Å². The van der Waals surface area contributed by atoms with Gasteiger partial charge in [-0.05, 0) is 122 Å². The summed E-state index contributed by atoms with van der Waals surface area (Å²) in [6.45, 7) is 7.50. The number of carbonyl (C=O) groups excluding carboxylic acids is 2. The molecular formula is C61H102O5. The number of esters is 2. The van der Waals surface area contributed by atoms with Gasteiger partial charge in [-0.25, -0.2) is 0 Å². The van der Waals surface area contributed by atoms with E-state index in [0.717, 1.165) is 109 Å². The lowest BCUT2D eigenvalue weighted by Crippen LogP contribution is -2.30. The highest BCUT2D eigenvalue weighted by Crippen LogP contribution is 2.14. The lowest BCUT2D eigenvalue weighted by atomic mass is 10.1. The standard InChI is InChI=1S/C61H102O5/c1-4-7-10-13-16-19-22-25-28-30-31-32-34-36-39-42-45-48-51-54-60(62)65-58-59(57-64-56-53-50-47-44-41-38-35-29-26-23-20-17-14-11-8-5-2)66-61(63)55-52-49-46-43-40-37-33-27-24-21-18-15-12-9-6-3/h8-9,11-12,16-21,25-29,33,40,43,59H,4-7,10,13-15,22-24,30-32,34-39,41-42,44-58H2,1-3H3/b11-8-,12-9-,19-16-,20-17-,21-18-,28-25-,29-26-,33-27-,43-40-. The van der Waals surface area contributed by atoms with Crippen molar-refractivity contribution in [2.24, 2.45) is 0 Å². The fraction of sp³-hybridized carbons (Fsp3) is 0.672. The van der Waals surface area contributed by atoms with Crippen LogP contribution in [0.5, 0.6) is 0 Å². The molecule has 0 saturated carbocycles. The second kappa shape index (κ2) is 55.9. The van der Waals surface area contributed by atoms with Crippen molar-refractivity contribution in [2.75, 3.05) is 19.8 Å². The van der Waals surface area contributed by atoms with Gasteiger partial charge in [0.05, 0.1) is 6.61 Å². The van der Waals surface area contributed by atoms with Crippen molar-refractivity contribution < 1.29 is 23.8 Å². The highest BCUT2D eigenvalue weighted by atomic mass is 16.6. The van der Waals surface area contributed by atoms with E-state index in [-0.39, 0.29) is 25.2 Å². The van der Waals surface area contributed by atoms with Crippen LogP contribution in [0, 0.1) is 0 Å². The molecule has 66 heavy (non-hydrogen) atoms. The molecule has 0 saturated heterocycles. The maximum absolute atomic E-state index is 12.8. The van der Waals surface area contributed by atoms with Crippen molar-refractivity contribution in [1.82, 2.24) is 0 Å². The minimum atomic E-state index is -0.574. The SMILES string of the molecule is CC/C=C\C/C=C\C/C=C\C/C=C\CCCCC(=O)OC(COCCCCCCCC/C=C\C/C=C\C/C=C\CC)COC(=O)CCCCCCCCCCC/C=C\C/C=C\CCCCC. The highest BCUT2D eigenvalue weighted by molar-refractivity contribution is 5.70. The number of hydrogen-bond acceptors (Lipinski definition) is 5. The molecule has 0 aromatic heterocycles. The minimum Gasteiger partial charge on any atom is -0.462 e. The highest BCUT2D eigenvalue weighted by Gasteiger charge is 2.17. The maximum atomic E-state index is 12.8. The molecule has 0 amide bonds. The normalized spacial score (nSPS) is 13.1. The first-order valence-corrected chi connectivity index (χ1v) is 27.4. The molecule has 376 valence electrons. The van der Waals surface area contributed by atoms with E-state index < -0.39 is 6.10 Å². The maximum Gasteiger partial charge on any atom is 0.306 e. The molecule has 1 unspecified atom stereocenters. The topological polar surface area (TPSA) is 61.8 Å². The largest absolute Gasteiger partial charge is 0.462 e. The van der Waals surface area contributed by atoms with Gasteiger partial charge in [-0.1, -0.05) is 214 Å². The lowest BCUT2D eigenvalue weighted by molar-refractivity contribution is -0.163. The number of allylic oxidation sites excluding steroid dienone is 18. The molecule has 5 heteroatoms. The first-order valence-electron chi connectivity index (χ1n) is 27.4. The third kappa shape index (κ3) is 53.2. The number of hydrogen-bond donors (Lipinski definition) is 0. The molecule has 0 bridgehead atoms. The Kier molecular flexibility index (Phi) is 53.0. The van der Waals surface area contributed by atoms with Crippen LogP contribution in [0.4, 0.5) is 0 Å². The van der Waals surface area contributed by atoms with Gasteiger partial charge in [0.25, 0.3) is 0 Å². The van der Waals surface area contributed by atoms with Crippen molar-refractivity contribution in [3.8, 4) is 0 Å². The summed E-state index contributed by atoms with van der Waals surface area (Å²) in [5.41, 5.74) is 0. The van der Waals surface area contributed by atoms with Crippen molar-refractivity contribution in [1.29, 1.82) is 0 Å². The summed E-state index contributed by atoms with van der Waals surface area (Å²) in [6.07, 6.45) is 76.8. The molecule has 0 aliphatic heterocycles. The molecular weight excluding hydrogens is 813 g/mol. The van der Waals surface area contributed by atoms with Gasteiger partial charge >= 0.3 is 11.9 Å². The zero-order chi connectivity index (χ0) is 47.7. The lowest BCUT2D eigenvalue weighted by Gasteiger charge is -2.18. The van der Waals surface area contributed by atoms with Crippen molar-refractivity contribution in [3.05, 3.63) is 109 Å². The van der Waals surface area contributed by atoms with Gasteiger partial charge in [-0.15, -0.1) is 0 Å². The fourth-order valence-corrected chi connectivity index (χ4v) is 7.25. The van der Waals surface area contributed by atoms with Crippen LogP contribution in [-0.2, 0) is 23.8 Å². The first-order chi connectivity index (χ1) is 32.6. The van der Waals surface area contributed by atoms with Crippen molar-refractivity contribution in [3.63, 3.8) is 0 Å². The molecule has 0 radical (unpaired) electrons. The second-order valence-electron chi connectivity index (χ2n) is 17.7. The molecule has 0 aromatic carbocycles. The average Bonchev–Trinajstić information content (AvgIpc) is 3.32. The van der Waals surface area contributed by atoms with Gasteiger partial charge in [0.15, 0.2) is 6.10 Å². The molecule has 0 aliphatic rings. The molecule has 0 aliphatic carbocycles. The van der Waals surface area contributed by atoms with Gasteiger partial charge < -0.3 is 14.2 Å². The summed E-state index contributed by atoms with van der Waals surface area (Å²) in [7, 11) is 0. The number of ether oxygens (including phenoxy) is 3. The second-order valence-corrected chi connectivity index (χ2v) is 17.7. The minimum absolute atomic E-state index is 0.0551. The molecule has 0 heterocycles. The van der Waals surface area contributed by atoms with Crippen molar-refractivity contribution in [2.45, 2.75) is 245 Å². The Bertz CT molecular complexity index is 1310. The van der Waals surface area contributed by atoms with E-state index in [0.29, 0.717) is 19.4 Å². The number of carbonyl (C=O) groups is 2. The Hall–Kier alpha value is -3.44. The summed E-state index contributed by atoms with van der Waals surface area (Å²) in [5, 5.41) is 0. The Morgan fingerprint density at radius 1 is 0.348 bits per heavy atom. The predicted molar refractivity (Wildman–Crippen MR) is 288 cm³/mol. The van der Waals surface area contributed by atoms with Crippen LogP contribution >= 0.6 is 0 Å². The average molecular weight is 915 g/mol.